The highest BCUT2D eigenvalue weighted by Gasteiger charge is 2.38. The van der Waals surface area contributed by atoms with Crippen LogP contribution in [-0.4, -0.2) is 36.0 Å². The van der Waals surface area contributed by atoms with E-state index in [4.69, 9.17) is 9.47 Å². The van der Waals surface area contributed by atoms with E-state index < -0.39 is 24.0 Å². The quantitative estimate of drug-likeness (QED) is 0.759. The molecule has 1 aliphatic rings. The van der Waals surface area contributed by atoms with Crippen molar-refractivity contribution in [2.75, 3.05) is 7.11 Å². The highest BCUT2D eigenvalue weighted by Crippen LogP contribution is 2.39. The molecule has 130 valence electrons. The van der Waals surface area contributed by atoms with Gasteiger partial charge in [0, 0.05) is 5.71 Å². The Hall–Kier alpha value is -2.09. The number of nitrogens with one attached hydrogen (secondary N) is 1. The van der Waals surface area contributed by atoms with E-state index >= 15 is 0 Å². The van der Waals surface area contributed by atoms with Crippen LogP contribution in [0.4, 0.5) is 4.79 Å². The molecule has 2 unspecified atom stereocenters. The molecule has 2 atom stereocenters. The fraction of sp³-hybridized carbons (Fsp3) is 0.438. The van der Waals surface area contributed by atoms with E-state index in [1.54, 1.807) is 32.9 Å². The van der Waals surface area contributed by atoms with Crippen molar-refractivity contribution in [3.63, 3.8) is 0 Å². The molecule has 2 amide bonds. The molecule has 0 bridgehead atoms. The number of hydrogen-bond acceptors (Lipinski definition) is 5. The van der Waals surface area contributed by atoms with Crippen LogP contribution in [-0.2, 0) is 9.53 Å². The number of urea groups is 1. The summed E-state index contributed by atoms with van der Waals surface area (Å²) < 4.78 is 10.8. The first-order valence-corrected chi connectivity index (χ1v) is 8.16. The van der Waals surface area contributed by atoms with E-state index in [0.29, 0.717) is 15.7 Å². The van der Waals surface area contributed by atoms with Gasteiger partial charge in [0.25, 0.3) is 0 Å². The molecule has 0 fully saturated rings. The van der Waals surface area contributed by atoms with Crippen LogP contribution in [0.3, 0.4) is 0 Å². The molecule has 0 saturated heterocycles. The van der Waals surface area contributed by atoms with Crippen molar-refractivity contribution in [2.24, 2.45) is 10.9 Å². The number of rotatable bonds is 4. The fourth-order valence-corrected chi connectivity index (χ4v) is 3.00. The summed E-state index contributed by atoms with van der Waals surface area (Å²) in [5.41, 5.74) is 0.961. The Balaban J connectivity index is 2.49. The van der Waals surface area contributed by atoms with E-state index in [2.05, 4.69) is 26.2 Å². The van der Waals surface area contributed by atoms with Crippen molar-refractivity contribution in [1.29, 1.82) is 0 Å². The van der Waals surface area contributed by atoms with Gasteiger partial charge in [-0.3, -0.25) is 4.79 Å². The van der Waals surface area contributed by atoms with Gasteiger partial charge in [0.15, 0.2) is 11.5 Å². The lowest BCUT2D eigenvalue weighted by molar-refractivity contribution is -0.150. The summed E-state index contributed by atoms with van der Waals surface area (Å²) in [5, 5.41) is 12.6. The first-order valence-electron chi connectivity index (χ1n) is 7.37. The molecular formula is C16H19BrN2O5. The SMILES string of the molecule is COc1cc(C2NC(=O)N=C(C)C2C(=O)OC(C)C)cc(Br)c1O. The molecule has 0 spiro atoms. The molecule has 7 nitrogen and oxygen atoms in total. The summed E-state index contributed by atoms with van der Waals surface area (Å²) in [6.07, 6.45) is -0.287. The van der Waals surface area contributed by atoms with Crippen molar-refractivity contribution >= 4 is 33.6 Å². The Morgan fingerprint density at radius 3 is 2.67 bits per heavy atom. The Morgan fingerprint density at radius 1 is 1.42 bits per heavy atom. The molecule has 2 N–H and O–H groups in total. The van der Waals surface area contributed by atoms with Crippen molar-refractivity contribution in [2.45, 2.75) is 32.9 Å². The van der Waals surface area contributed by atoms with Crippen LogP contribution in [0.5, 0.6) is 11.5 Å². The van der Waals surface area contributed by atoms with E-state index in [1.807, 2.05) is 0 Å². The Bertz CT molecular complexity index is 702. The van der Waals surface area contributed by atoms with Crippen molar-refractivity contribution in [1.82, 2.24) is 5.32 Å². The summed E-state index contributed by atoms with van der Waals surface area (Å²) in [4.78, 5) is 28.1. The van der Waals surface area contributed by atoms with Crippen LogP contribution in [0.15, 0.2) is 21.6 Å². The zero-order valence-electron chi connectivity index (χ0n) is 13.8. The number of halogens is 1. The number of phenols is 1. The topological polar surface area (TPSA) is 97.2 Å². The van der Waals surface area contributed by atoms with Crippen LogP contribution >= 0.6 is 15.9 Å². The zero-order chi connectivity index (χ0) is 18.0. The number of hydrogen-bond donors (Lipinski definition) is 2. The van der Waals surface area contributed by atoms with Gasteiger partial charge in [-0.05, 0) is 54.4 Å². The highest BCUT2D eigenvalue weighted by molar-refractivity contribution is 9.10. The molecule has 1 aromatic rings. The summed E-state index contributed by atoms with van der Waals surface area (Å²) in [6, 6.07) is 1.98. The second-order valence-corrected chi connectivity index (χ2v) is 6.55. The molecule has 1 aromatic carbocycles. The fourth-order valence-electron chi connectivity index (χ4n) is 2.54. The van der Waals surface area contributed by atoms with Gasteiger partial charge in [-0.15, -0.1) is 0 Å². The van der Waals surface area contributed by atoms with Crippen LogP contribution in [0.25, 0.3) is 0 Å². The Labute approximate surface area is 148 Å². The van der Waals surface area contributed by atoms with Crippen LogP contribution in [0.1, 0.15) is 32.4 Å². The number of esters is 1. The maximum atomic E-state index is 12.5. The number of amides is 2. The minimum absolute atomic E-state index is 0.0601. The van der Waals surface area contributed by atoms with Gasteiger partial charge in [0.1, 0.15) is 5.92 Å². The van der Waals surface area contributed by atoms with Crippen LogP contribution in [0.2, 0.25) is 0 Å². The van der Waals surface area contributed by atoms with Crippen molar-refractivity contribution in [3.05, 3.63) is 22.2 Å². The van der Waals surface area contributed by atoms with Crippen molar-refractivity contribution in [3.8, 4) is 11.5 Å². The number of carbonyl (C=O) groups excluding carboxylic acids is 2. The second-order valence-electron chi connectivity index (χ2n) is 5.70. The predicted octanol–water partition coefficient (Wildman–Crippen LogP) is 2.96. The number of aliphatic imine (C=N–C) groups is 1. The van der Waals surface area contributed by atoms with Crippen molar-refractivity contribution < 1.29 is 24.2 Å². The summed E-state index contributed by atoms with van der Waals surface area (Å²) in [6.45, 7) is 5.12. The standard InChI is InChI=1S/C16H19BrN2O5/c1-7(2)24-15(21)12-8(3)18-16(22)19-13(12)9-5-10(17)14(20)11(6-9)23-4/h5-7,12-13,20H,1-4H3,(H,19,22). The highest BCUT2D eigenvalue weighted by atomic mass is 79.9. The smallest absolute Gasteiger partial charge is 0.341 e. The van der Waals surface area contributed by atoms with Gasteiger partial charge in [-0.2, -0.15) is 0 Å². The normalized spacial score (nSPS) is 20.4. The molecule has 0 aromatic heterocycles. The Morgan fingerprint density at radius 2 is 2.08 bits per heavy atom. The molecule has 0 aliphatic carbocycles. The maximum Gasteiger partial charge on any atom is 0.341 e. The molecule has 1 aliphatic heterocycles. The lowest BCUT2D eigenvalue weighted by Gasteiger charge is -2.30. The van der Waals surface area contributed by atoms with E-state index in [9.17, 15) is 14.7 Å². The minimum Gasteiger partial charge on any atom is -0.503 e. The Kier molecular flexibility index (Phi) is 5.48. The van der Waals surface area contributed by atoms with E-state index in [0.717, 1.165) is 0 Å². The third-order valence-electron chi connectivity index (χ3n) is 3.58. The summed E-state index contributed by atoms with van der Waals surface area (Å²) in [5.74, 6) is -1.06. The molecule has 2 rings (SSSR count). The van der Waals surface area contributed by atoms with Gasteiger partial charge in [0.2, 0.25) is 0 Å². The molecule has 1 heterocycles. The van der Waals surface area contributed by atoms with Gasteiger partial charge < -0.3 is 19.9 Å². The van der Waals surface area contributed by atoms with E-state index in [1.165, 1.54) is 7.11 Å². The first kappa shape index (κ1) is 18.3. The predicted molar refractivity (Wildman–Crippen MR) is 91.5 cm³/mol. The molecule has 0 radical (unpaired) electrons. The monoisotopic (exact) mass is 398 g/mol. The van der Waals surface area contributed by atoms with Gasteiger partial charge >= 0.3 is 12.0 Å². The average molecular weight is 399 g/mol. The maximum absolute atomic E-state index is 12.5. The summed E-state index contributed by atoms with van der Waals surface area (Å²) >= 11 is 3.24. The van der Waals surface area contributed by atoms with Gasteiger partial charge in [-0.25, -0.2) is 9.79 Å². The third-order valence-corrected chi connectivity index (χ3v) is 4.18. The number of methoxy groups -OCH3 is 1. The lowest BCUT2D eigenvalue weighted by atomic mass is 9.88. The number of ether oxygens (including phenoxy) is 2. The van der Waals surface area contributed by atoms with E-state index in [-0.39, 0.29) is 17.6 Å². The van der Waals surface area contributed by atoms with Gasteiger partial charge in [-0.1, -0.05) is 0 Å². The number of aromatic hydroxyl groups is 1. The molecule has 0 saturated carbocycles. The van der Waals surface area contributed by atoms with Crippen LogP contribution in [0, 0.1) is 5.92 Å². The minimum atomic E-state index is -0.758. The van der Waals surface area contributed by atoms with Gasteiger partial charge in [0.05, 0.1) is 23.7 Å². The first-order chi connectivity index (χ1) is 11.2. The largest absolute Gasteiger partial charge is 0.503 e. The lowest BCUT2D eigenvalue weighted by Crippen LogP contribution is -2.44. The number of nitrogens with zero attached hydrogens (tertiary/aromatic N) is 1. The molecular weight excluding hydrogens is 380 g/mol. The average Bonchev–Trinajstić information content (AvgIpc) is 2.48. The summed E-state index contributed by atoms with van der Waals surface area (Å²) in [7, 11) is 1.42. The number of carbonyl (C=O) groups is 2. The second kappa shape index (κ2) is 7.21. The van der Waals surface area contributed by atoms with Crippen LogP contribution < -0.4 is 10.1 Å². The molecule has 24 heavy (non-hydrogen) atoms. The third kappa shape index (κ3) is 3.69. The number of phenolic OH excluding ortho intramolecular Hbond substituents is 1. The molecule has 8 heteroatoms. The number of benzene rings is 1. The zero-order valence-corrected chi connectivity index (χ0v) is 15.4.